The van der Waals surface area contributed by atoms with Crippen LogP contribution in [-0.4, -0.2) is 53.1 Å². The van der Waals surface area contributed by atoms with Crippen molar-refractivity contribution in [1.29, 1.82) is 0 Å². The molecule has 0 saturated carbocycles. The summed E-state index contributed by atoms with van der Waals surface area (Å²) in [7, 11) is 1.47. The van der Waals surface area contributed by atoms with Crippen LogP contribution in [-0.2, 0) is 11.0 Å². The number of piperazine rings is 1. The fraction of sp³-hybridized carbons (Fsp3) is 0.320. The lowest BCUT2D eigenvalue weighted by molar-refractivity contribution is -0.142. The van der Waals surface area contributed by atoms with E-state index >= 15 is 0 Å². The van der Waals surface area contributed by atoms with Gasteiger partial charge in [0.15, 0.2) is 5.69 Å². The Labute approximate surface area is 221 Å². The van der Waals surface area contributed by atoms with Crippen LogP contribution in [0.5, 0.6) is 5.75 Å². The second-order valence-electron chi connectivity index (χ2n) is 8.33. The molecule has 0 N–H and O–H groups in total. The Morgan fingerprint density at radius 2 is 1.81 bits per heavy atom. The number of rotatable bonds is 6. The molecule has 196 valence electrons. The standard InChI is InChI=1S/C25H23Cl2F3N4O3/c1-3-20(35)33-12-11-32(16-9-10-17(26)18(13-16)37-2)14-19(33)34-22(21(27)24(31-34)25(28,29)30)23(36)15-7-5-4-6-8-15/h4-10,13,19H,3,11-12,14H2,1-2H3. The molecule has 0 aliphatic carbocycles. The maximum atomic E-state index is 13.9. The molecule has 1 saturated heterocycles. The van der Waals surface area contributed by atoms with Gasteiger partial charge in [0.2, 0.25) is 11.7 Å². The molecule has 0 bridgehead atoms. The molecular weight excluding hydrogens is 532 g/mol. The third kappa shape index (κ3) is 5.26. The van der Waals surface area contributed by atoms with Crippen LogP contribution in [0, 0.1) is 0 Å². The van der Waals surface area contributed by atoms with Crippen LogP contribution in [0.15, 0.2) is 48.5 Å². The highest BCUT2D eigenvalue weighted by Gasteiger charge is 2.43. The Morgan fingerprint density at radius 1 is 1.11 bits per heavy atom. The van der Waals surface area contributed by atoms with Crippen LogP contribution in [0.1, 0.15) is 41.3 Å². The van der Waals surface area contributed by atoms with Gasteiger partial charge >= 0.3 is 6.18 Å². The number of carbonyl (C=O) groups is 2. The zero-order valence-corrected chi connectivity index (χ0v) is 21.4. The molecule has 1 fully saturated rings. The first-order valence-electron chi connectivity index (χ1n) is 11.4. The van der Waals surface area contributed by atoms with Gasteiger partial charge < -0.3 is 14.5 Å². The average Bonchev–Trinajstić information content (AvgIpc) is 3.25. The topological polar surface area (TPSA) is 67.7 Å². The number of carbonyl (C=O) groups excluding carboxylic acids is 2. The van der Waals surface area contributed by atoms with Crippen LogP contribution < -0.4 is 9.64 Å². The maximum absolute atomic E-state index is 13.9. The summed E-state index contributed by atoms with van der Waals surface area (Å²) in [6.45, 7) is 2.26. The summed E-state index contributed by atoms with van der Waals surface area (Å²) >= 11 is 12.3. The summed E-state index contributed by atoms with van der Waals surface area (Å²) < 4.78 is 47.8. The number of benzene rings is 2. The fourth-order valence-corrected chi connectivity index (χ4v) is 4.80. The van der Waals surface area contributed by atoms with Crippen molar-refractivity contribution in [2.75, 3.05) is 31.6 Å². The Morgan fingerprint density at radius 3 is 2.43 bits per heavy atom. The Balaban J connectivity index is 1.85. The van der Waals surface area contributed by atoms with E-state index in [0.29, 0.717) is 23.0 Å². The van der Waals surface area contributed by atoms with Crippen molar-refractivity contribution >= 4 is 40.6 Å². The van der Waals surface area contributed by atoms with Gasteiger partial charge in [-0.3, -0.25) is 9.59 Å². The van der Waals surface area contributed by atoms with Crippen molar-refractivity contribution in [1.82, 2.24) is 14.7 Å². The molecule has 1 atom stereocenters. The van der Waals surface area contributed by atoms with Crippen molar-refractivity contribution in [3.8, 4) is 5.75 Å². The minimum absolute atomic E-state index is 0.0426. The van der Waals surface area contributed by atoms with Crippen molar-refractivity contribution < 1.29 is 27.5 Å². The lowest BCUT2D eigenvalue weighted by Crippen LogP contribution is -2.53. The average molecular weight is 555 g/mol. The van der Waals surface area contributed by atoms with Gasteiger partial charge in [-0.05, 0) is 12.1 Å². The largest absolute Gasteiger partial charge is 0.495 e. The van der Waals surface area contributed by atoms with Gasteiger partial charge in [0.25, 0.3) is 0 Å². The van der Waals surface area contributed by atoms with E-state index in [4.69, 9.17) is 27.9 Å². The second kappa shape index (κ2) is 10.6. The SMILES string of the molecule is CCC(=O)N1CCN(c2ccc(Cl)c(OC)c2)CC1n1nc(C(F)(F)F)c(Cl)c1C(=O)c1ccccc1. The van der Waals surface area contributed by atoms with Crippen LogP contribution in [0.3, 0.4) is 0 Å². The van der Waals surface area contributed by atoms with E-state index in [9.17, 15) is 22.8 Å². The molecule has 0 radical (unpaired) electrons. The maximum Gasteiger partial charge on any atom is 0.436 e. The molecule has 37 heavy (non-hydrogen) atoms. The van der Waals surface area contributed by atoms with E-state index in [0.717, 1.165) is 4.68 Å². The molecule has 1 aromatic heterocycles. The Hall–Kier alpha value is -3.24. The van der Waals surface area contributed by atoms with E-state index in [1.807, 2.05) is 4.90 Å². The third-order valence-corrected chi connectivity index (χ3v) is 6.80. The van der Waals surface area contributed by atoms with Gasteiger partial charge in [0.1, 0.15) is 22.6 Å². The van der Waals surface area contributed by atoms with E-state index in [2.05, 4.69) is 5.10 Å². The molecule has 7 nitrogen and oxygen atoms in total. The molecule has 4 rings (SSSR count). The lowest BCUT2D eigenvalue weighted by atomic mass is 10.1. The number of hydrogen-bond acceptors (Lipinski definition) is 5. The van der Waals surface area contributed by atoms with Gasteiger partial charge in [-0.2, -0.15) is 18.3 Å². The van der Waals surface area contributed by atoms with Crippen molar-refractivity contribution in [3.63, 3.8) is 0 Å². The number of alkyl halides is 3. The minimum atomic E-state index is -4.91. The molecule has 3 aromatic rings. The highest BCUT2D eigenvalue weighted by atomic mass is 35.5. The van der Waals surface area contributed by atoms with Gasteiger partial charge in [0.05, 0.1) is 18.7 Å². The smallest absolute Gasteiger partial charge is 0.436 e. The molecular formula is C25H23Cl2F3N4O3. The highest BCUT2D eigenvalue weighted by molar-refractivity contribution is 6.35. The first kappa shape index (κ1) is 26.8. The number of anilines is 1. The third-order valence-electron chi connectivity index (χ3n) is 6.13. The number of methoxy groups -OCH3 is 1. The van der Waals surface area contributed by atoms with Gasteiger partial charge in [0, 0.05) is 36.8 Å². The van der Waals surface area contributed by atoms with Crippen LogP contribution in [0.25, 0.3) is 0 Å². The summed E-state index contributed by atoms with van der Waals surface area (Å²) in [5, 5.41) is 3.35. The summed E-state index contributed by atoms with van der Waals surface area (Å²) in [4.78, 5) is 29.6. The molecule has 0 spiro atoms. The zero-order chi connectivity index (χ0) is 26.9. The number of amides is 1. The quantitative estimate of drug-likeness (QED) is 0.365. The molecule has 1 aliphatic rings. The number of ether oxygens (including phenoxy) is 1. The Bertz CT molecular complexity index is 1310. The first-order chi connectivity index (χ1) is 17.6. The van der Waals surface area contributed by atoms with Gasteiger partial charge in [-0.15, -0.1) is 0 Å². The summed E-state index contributed by atoms with van der Waals surface area (Å²) in [5.74, 6) is -0.608. The summed E-state index contributed by atoms with van der Waals surface area (Å²) in [5.41, 5.74) is -1.000. The first-order valence-corrected chi connectivity index (χ1v) is 12.1. The minimum Gasteiger partial charge on any atom is -0.495 e. The molecule has 1 aliphatic heterocycles. The van der Waals surface area contributed by atoms with Crippen LogP contribution in [0.2, 0.25) is 10.0 Å². The molecule has 1 amide bonds. The number of hydrogen-bond donors (Lipinski definition) is 0. The summed E-state index contributed by atoms with van der Waals surface area (Å²) in [6, 6.07) is 12.9. The number of halogens is 5. The molecule has 1 unspecified atom stereocenters. The van der Waals surface area contributed by atoms with Crippen LogP contribution in [0.4, 0.5) is 18.9 Å². The molecule has 2 aromatic carbocycles. The predicted molar refractivity (Wildman–Crippen MR) is 133 cm³/mol. The van der Waals surface area contributed by atoms with Crippen molar-refractivity contribution in [3.05, 3.63) is 75.5 Å². The fourth-order valence-electron chi connectivity index (χ4n) is 4.29. The van der Waals surface area contributed by atoms with Gasteiger partial charge in [-0.25, -0.2) is 4.68 Å². The van der Waals surface area contributed by atoms with Crippen LogP contribution >= 0.6 is 23.2 Å². The van der Waals surface area contributed by atoms with Gasteiger partial charge in [-0.1, -0.05) is 60.5 Å². The molecule has 2 heterocycles. The van der Waals surface area contributed by atoms with E-state index < -0.39 is 34.5 Å². The van der Waals surface area contributed by atoms with Crippen molar-refractivity contribution in [2.24, 2.45) is 0 Å². The van der Waals surface area contributed by atoms with E-state index in [-0.39, 0.29) is 31.0 Å². The number of ketones is 1. The zero-order valence-electron chi connectivity index (χ0n) is 19.9. The second-order valence-corrected chi connectivity index (χ2v) is 9.12. The Kier molecular flexibility index (Phi) is 7.70. The lowest BCUT2D eigenvalue weighted by Gasteiger charge is -2.42. The number of nitrogens with zero attached hydrogens (tertiary/aromatic N) is 4. The summed E-state index contributed by atoms with van der Waals surface area (Å²) in [6.07, 6.45) is -5.83. The van der Waals surface area contributed by atoms with E-state index in [1.54, 1.807) is 43.3 Å². The van der Waals surface area contributed by atoms with Crippen molar-refractivity contribution in [2.45, 2.75) is 25.7 Å². The number of aromatic nitrogens is 2. The monoisotopic (exact) mass is 554 g/mol. The molecule has 12 heteroatoms. The predicted octanol–water partition coefficient (Wildman–Crippen LogP) is 5.71. The van der Waals surface area contributed by atoms with E-state index in [1.165, 1.54) is 24.1 Å². The highest BCUT2D eigenvalue weighted by Crippen LogP contribution is 2.39. The normalized spacial score (nSPS) is 16.1.